The normalized spacial score (nSPS) is 14.3. The number of para-hydroxylation sites is 1. The van der Waals surface area contributed by atoms with Crippen LogP contribution < -0.4 is 15.0 Å². The van der Waals surface area contributed by atoms with Crippen LogP contribution in [0.25, 0.3) is 10.9 Å². The summed E-state index contributed by atoms with van der Waals surface area (Å²) in [6.45, 7) is 0.305. The van der Waals surface area contributed by atoms with Crippen molar-refractivity contribution in [1.82, 2.24) is 9.66 Å². The van der Waals surface area contributed by atoms with Gasteiger partial charge in [0.15, 0.2) is 11.5 Å². The van der Waals surface area contributed by atoms with Crippen molar-refractivity contribution < 1.29 is 9.47 Å². The Kier molecular flexibility index (Phi) is 8.55. The average Bonchev–Trinajstić information content (AvgIpc) is 2.94. The monoisotopic (exact) mass is 661 g/mol. The second-order valence-corrected chi connectivity index (χ2v) is 11.2. The van der Waals surface area contributed by atoms with Gasteiger partial charge in [-0.1, -0.05) is 60.7 Å². The van der Waals surface area contributed by atoms with Gasteiger partial charge >= 0.3 is 0 Å². The Labute approximate surface area is 244 Å². The Hall–Kier alpha value is -2.62. The van der Waals surface area contributed by atoms with E-state index in [4.69, 9.17) is 37.7 Å². The molecule has 0 unspecified atom stereocenters. The summed E-state index contributed by atoms with van der Waals surface area (Å²) in [5.41, 5.74) is 2.23. The van der Waals surface area contributed by atoms with Crippen LogP contribution in [-0.2, 0) is 6.61 Å². The highest BCUT2D eigenvalue weighted by atomic mass is 127. The fraction of sp³-hybridized carbons (Fsp3) is 0.276. The number of benzene rings is 3. The van der Waals surface area contributed by atoms with Crippen LogP contribution in [0.3, 0.4) is 0 Å². The lowest BCUT2D eigenvalue weighted by atomic mass is 9.88. The van der Waals surface area contributed by atoms with E-state index < -0.39 is 0 Å². The Balaban J connectivity index is 1.47. The first kappa shape index (κ1) is 27.0. The van der Waals surface area contributed by atoms with E-state index in [9.17, 15) is 4.79 Å². The van der Waals surface area contributed by atoms with Crippen LogP contribution in [0.15, 0.2) is 64.5 Å². The molecule has 1 aliphatic carbocycles. The summed E-state index contributed by atoms with van der Waals surface area (Å²) in [4.78, 5) is 18.4. The van der Waals surface area contributed by atoms with Crippen molar-refractivity contribution in [2.45, 2.75) is 44.6 Å². The van der Waals surface area contributed by atoms with Crippen LogP contribution >= 0.6 is 45.8 Å². The summed E-state index contributed by atoms with van der Waals surface area (Å²) in [6.07, 6.45) is 7.19. The molecule has 0 amide bonds. The van der Waals surface area contributed by atoms with Gasteiger partial charge in [0, 0.05) is 5.92 Å². The topological polar surface area (TPSA) is 65.7 Å². The molecule has 0 spiro atoms. The molecule has 0 saturated heterocycles. The average molecular weight is 662 g/mol. The predicted octanol–water partition coefficient (Wildman–Crippen LogP) is 7.83. The van der Waals surface area contributed by atoms with Crippen molar-refractivity contribution in [3.63, 3.8) is 0 Å². The lowest BCUT2D eigenvalue weighted by Crippen LogP contribution is -2.25. The quantitative estimate of drug-likeness (QED) is 0.150. The molecule has 3 aromatic carbocycles. The minimum atomic E-state index is -0.157. The van der Waals surface area contributed by atoms with E-state index in [-0.39, 0.29) is 11.5 Å². The molecule has 38 heavy (non-hydrogen) atoms. The molecule has 0 bridgehead atoms. The first-order chi connectivity index (χ1) is 18.4. The summed E-state index contributed by atoms with van der Waals surface area (Å²) in [5.74, 6) is 2.12. The number of rotatable bonds is 7. The van der Waals surface area contributed by atoms with E-state index in [1.165, 1.54) is 11.1 Å². The first-order valence-corrected chi connectivity index (χ1v) is 14.3. The van der Waals surface area contributed by atoms with Crippen LogP contribution in [0.1, 0.15) is 55.0 Å². The molecule has 1 aromatic heterocycles. The zero-order chi connectivity index (χ0) is 26.6. The van der Waals surface area contributed by atoms with Crippen LogP contribution in [-0.4, -0.2) is 23.0 Å². The van der Waals surface area contributed by atoms with Crippen molar-refractivity contribution in [2.24, 2.45) is 5.10 Å². The van der Waals surface area contributed by atoms with Gasteiger partial charge in [0.05, 0.1) is 37.8 Å². The summed E-state index contributed by atoms with van der Waals surface area (Å²) >= 11 is 14.4. The zero-order valence-corrected chi connectivity index (χ0v) is 24.5. The summed E-state index contributed by atoms with van der Waals surface area (Å²) in [6, 6.07) is 16.6. The van der Waals surface area contributed by atoms with Gasteiger partial charge in [0.25, 0.3) is 5.56 Å². The third-order valence-electron chi connectivity index (χ3n) is 6.69. The maximum Gasteiger partial charge on any atom is 0.282 e. The third kappa shape index (κ3) is 5.84. The first-order valence-electron chi connectivity index (χ1n) is 12.4. The molecule has 1 saturated carbocycles. The molecule has 4 aromatic rings. The van der Waals surface area contributed by atoms with Crippen molar-refractivity contribution >= 4 is 62.9 Å². The van der Waals surface area contributed by atoms with E-state index in [0.717, 1.165) is 46.2 Å². The van der Waals surface area contributed by atoms with Crippen LogP contribution in [0, 0.1) is 3.57 Å². The van der Waals surface area contributed by atoms with Crippen LogP contribution in [0.2, 0.25) is 10.0 Å². The van der Waals surface area contributed by atoms with Crippen LogP contribution in [0.5, 0.6) is 11.5 Å². The standard InChI is InChI=1S/C29H26Cl2IN3O3/c1-37-26-15-19(14-24(32)27(26)38-17-18-11-12-22(30)23(31)13-18)16-33-35-28(20-7-3-2-4-8-20)34-25-10-6-5-9-21(25)29(35)36/h5-6,9-16,20H,2-4,7-8,17H2,1H3. The van der Waals surface area contributed by atoms with E-state index >= 15 is 0 Å². The summed E-state index contributed by atoms with van der Waals surface area (Å²) in [7, 11) is 1.59. The molecule has 5 rings (SSSR count). The van der Waals surface area contributed by atoms with Gasteiger partial charge in [0.1, 0.15) is 12.4 Å². The molecule has 0 radical (unpaired) electrons. The number of halogens is 3. The highest BCUT2D eigenvalue weighted by Crippen LogP contribution is 2.35. The fourth-order valence-electron chi connectivity index (χ4n) is 4.74. The predicted molar refractivity (Wildman–Crippen MR) is 161 cm³/mol. The van der Waals surface area contributed by atoms with E-state index in [1.54, 1.807) is 31.5 Å². The Morgan fingerprint density at radius 2 is 1.87 bits per heavy atom. The minimum absolute atomic E-state index is 0.157. The molecule has 0 aliphatic heterocycles. The summed E-state index contributed by atoms with van der Waals surface area (Å²) in [5, 5.41) is 6.18. The van der Waals surface area contributed by atoms with Gasteiger partial charge < -0.3 is 9.47 Å². The zero-order valence-electron chi connectivity index (χ0n) is 20.8. The van der Waals surface area contributed by atoms with Crippen molar-refractivity contribution in [1.29, 1.82) is 0 Å². The SMILES string of the molecule is COc1cc(C=Nn2c(C3CCCCC3)nc3ccccc3c2=O)cc(I)c1OCc1ccc(Cl)c(Cl)c1. The molecule has 1 heterocycles. The molecule has 196 valence electrons. The Bertz CT molecular complexity index is 1570. The molecular formula is C29H26Cl2IN3O3. The molecule has 1 aliphatic rings. The van der Waals surface area contributed by atoms with Crippen molar-refractivity contribution in [3.8, 4) is 11.5 Å². The fourth-order valence-corrected chi connectivity index (χ4v) is 5.84. The number of hydrogen-bond acceptors (Lipinski definition) is 5. The summed E-state index contributed by atoms with van der Waals surface area (Å²) < 4.78 is 14.0. The van der Waals surface area contributed by atoms with Gasteiger partial charge in [-0.25, -0.2) is 4.98 Å². The number of aromatic nitrogens is 2. The molecule has 1 fully saturated rings. The number of nitrogens with zero attached hydrogens (tertiary/aromatic N) is 3. The molecule has 0 atom stereocenters. The van der Waals surface area contributed by atoms with Gasteiger partial charge in [-0.05, 0) is 83.0 Å². The van der Waals surface area contributed by atoms with Crippen molar-refractivity contribution in [3.05, 3.63) is 95.5 Å². The van der Waals surface area contributed by atoms with Gasteiger partial charge in [-0.15, -0.1) is 0 Å². The Morgan fingerprint density at radius 3 is 2.63 bits per heavy atom. The van der Waals surface area contributed by atoms with Crippen molar-refractivity contribution in [2.75, 3.05) is 7.11 Å². The second-order valence-electron chi connectivity index (χ2n) is 9.25. The Morgan fingerprint density at radius 1 is 1.08 bits per heavy atom. The number of fused-ring (bicyclic) bond motifs is 1. The molecule has 9 heteroatoms. The maximum atomic E-state index is 13.5. The van der Waals surface area contributed by atoms with Gasteiger partial charge in [0.2, 0.25) is 0 Å². The highest BCUT2D eigenvalue weighted by Gasteiger charge is 2.22. The maximum absolute atomic E-state index is 13.5. The number of ether oxygens (including phenoxy) is 2. The lowest BCUT2D eigenvalue weighted by Gasteiger charge is -2.22. The van der Waals surface area contributed by atoms with Gasteiger partial charge in [-0.3, -0.25) is 4.79 Å². The molecular weight excluding hydrogens is 636 g/mol. The second kappa shape index (κ2) is 12.1. The molecule has 0 N–H and O–H groups in total. The minimum Gasteiger partial charge on any atom is -0.493 e. The van der Waals surface area contributed by atoms with E-state index in [2.05, 4.69) is 27.7 Å². The largest absolute Gasteiger partial charge is 0.493 e. The third-order valence-corrected chi connectivity index (χ3v) is 8.23. The van der Waals surface area contributed by atoms with E-state index in [1.807, 2.05) is 36.4 Å². The van der Waals surface area contributed by atoms with E-state index in [0.29, 0.717) is 39.1 Å². The van der Waals surface area contributed by atoms with Crippen LogP contribution in [0.4, 0.5) is 0 Å². The number of hydrogen-bond donors (Lipinski definition) is 0. The number of methoxy groups -OCH3 is 1. The lowest BCUT2D eigenvalue weighted by molar-refractivity contribution is 0.282. The highest BCUT2D eigenvalue weighted by molar-refractivity contribution is 14.1. The smallest absolute Gasteiger partial charge is 0.282 e. The molecule has 6 nitrogen and oxygen atoms in total. The van der Waals surface area contributed by atoms with Gasteiger partial charge in [-0.2, -0.15) is 9.78 Å².